The molecular formula is C104H84O26. The second-order valence-corrected chi connectivity index (χ2v) is 30.1. The lowest BCUT2D eigenvalue weighted by atomic mass is 9.90. The van der Waals surface area contributed by atoms with Gasteiger partial charge in [-0.1, -0.05) is 273 Å². The van der Waals surface area contributed by atoms with Gasteiger partial charge in [0.2, 0.25) is 41.1 Å². The van der Waals surface area contributed by atoms with Crippen molar-refractivity contribution >= 4 is 29.8 Å². The van der Waals surface area contributed by atoms with E-state index < -0.39 is 147 Å². The minimum absolute atomic E-state index is 0.128. The van der Waals surface area contributed by atoms with Crippen LogP contribution in [-0.4, -0.2) is 97.8 Å². The van der Waals surface area contributed by atoms with Crippen molar-refractivity contribution in [1.82, 2.24) is 0 Å². The normalized spacial score (nSPS) is 14.9. The molecule has 16 rings (SSSR count). The molecule has 26 heteroatoms. The van der Waals surface area contributed by atoms with Crippen LogP contribution in [0.4, 0.5) is 0 Å². The summed E-state index contributed by atoms with van der Waals surface area (Å²) in [5, 5.41) is 69.7. The molecule has 0 radical (unpaired) electrons. The van der Waals surface area contributed by atoms with Gasteiger partial charge in [-0.25, -0.2) is 24.0 Å². The van der Waals surface area contributed by atoms with Crippen molar-refractivity contribution in [3.8, 4) is 97.4 Å². The maximum Gasteiger partial charge on any atom is 0.340 e. The number of esters is 5. The Morgan fingerprint density at radius 2 is 0.508 bits per heavy atom. The minimum atomic E-state index is -2.51. The Balaban J connectivity index is 0.921. The highest BCUT2D eigenvalue weighted by atomic mass is 16.7. The molecule has 0 aromatic heterocycles. The van der Waals surface area contributed by atoms with Crippen LogP contribution in [0.5, 0.6) is 86.2 Å². The SMILES string of the molecule is O=C(OC[C@H]1O[C@@H](OC(=O)c2cc(O)c(OCc3ccccc3)c(O)c2)[C@H](OC(=O)c2cc(O)c(OCc3ccccc3)c(O)c2)[C@H]2OC(=O)c3cc(OCc4ccccc4)c(OCc4ccccc4)c(OCc4ccccc4)c3-c3c(cc(OCc4ccccc4)c(OCc4ccccc4)c3OCc3ccccc3)C(=O)O[C@@H]21)c1cc(O)c(OCc2ccccc2)c(O)c1. The third-order valence-electron chi connectivity index (χ3n) is 20.9. The highest BCUT2D eigenvalue weighted by Crippen LogP contribution is 2.57. The molecule has 0 spiro atoms. The van der Waals surface area contributed by atoms with Crippen LogP contribution in [0.15, 0.2) is 322 Å². The second kappa shape index (κ2) is 41.0. The van der Waals surface area contributed by atoms with Crippen molar-refractivity contribution in [2.24, 2.45) is 0 Å². The predicted molar refractivity (Wildman–Crippen MR) is 470 cm³/mol. The van der Waals surface area contributed by atoms with Gasteiger partial charge in [-0.2, -0.15) is 0 Å². The number of carbonyl (C=O) groups excluding carboxylic acids is 5. The van der Waals surface area contributed by atoms with Crippen LogP contribution in [0.3, 0.4) is 0 Å². The summed E-state index contributed by atoms with van der Waals surface area (Å²) < 4.78 is 99.2. The predicted octanol–water partition coefficient (Wildman–Crippen LogP) is 18.5. The zero-order valence-corrected chi connectivity index (χ0v) is 69.4. The molecule has 130 heavy (non-hydrogen) atoms. The number of benzene rings is 14. The molecule has 2 aliphatic rings. The van der Waals surface area contributed by atoms with E-state index in [0.717, 1.165) is 36.4 Å². The summed E-state index contributed by atoms with van der Waals surface area (Å²) >= 11 is 0. The Bertz CT molecular complexity index is 6230. The molecule has 2 aliphatic heterocycles. The Morgan fingerprint density at radius 1 is 0.269 bits per heavy atom. The van der Waals surface area contributed by atoms with E-state index in [1.54, 1.807) is 194 Å². The first-order chi connectivity index (χ1) is 63.5. The Hall–Kier alpha value is -16.6. The van der Waals surface area contributed by atoms with Crippen molar-refractivity contribution in [2.45, 2.75) is 90.2 Å². The number of carbonyl (C=O) groups is 5. The summed E-state index contributed by atoms with van der Waals surface area (Å²) in [5.74, 6) is -14.1. The number of ether oxygens (including phenoxy) is 15. The Kier molecular flexibility index (Phi) is 27.4. The van der Waals surface area contributed by atoms with Crippen LogP contribution in [-0.2, 0) is 87.9 Å². The number of hydrogen-bond donors (Lipinski definition) is 6. The summed E-state index contributed by atoms with van der Waals surface area (Å²) in [6, 6.07) is 88.3. The fourth-order valence-electron chi connectivity index (χ4n) is 14.5. The van der Waals surface area contributed by atoms with Crippen LogP contribution >= 0.6 is 0 Å². The second-order valence-electron chi connectivity index (χ2n) is 30.1. The van der Waals surface area contributed by atoms with Crippen molar-refractivity contribution < 1.29 is 126 Å². The third-order valence-corrected chi connectivity index (χ3v) is 20.9. The van der Waals surface area contributed by atoms with Crippen LogP contribution < -0.4 is 42.6 Å². The topological polar surface area (TPSA) is 345 Å². The first kappa shape index (κ1) is 86.9. The molecule has 14 aromatic rings. The third kappa shape index (κ3) is 21.1. The molecule has 1 fully saturated rings. The van der Waals surface area contributed by atoms with E-state index in [2.05, 4.69) is 0 Å². The zero-order chi connectivity index (χ0) is 89.8. The fraction of sp³-hybridized carbons (Fsp3) is 0.144. The maximum absolute atomic E-state index is 17.4. The minimum Gasteiger partial charge on any atom is -0.504 e. The first-order valence-corrected chi connectivity index (χ1v) is 41.3. The molecule has 0 aliphatic carbocycles. The lowest BCUT2D eigenvalue weighted by Crippen LogP contribution is -2.63. The molecular weight excluding hydrogens is 1670 g/mol. The maximum atomic E-state index is 17.4. The molecule has 1 saturated heterocycles. The van der Waals surface area contributed by atoms with Gasteiger partial charge in [-0.15, -0.1) is 0 Å². The summed E-state index contributed by atoms with van der Waals surface area (Å²) in [6.45, 7) is -2.96. The number of phenolic OH excluding ortho intramolecular Hbond substituents is 6. The van der Waals surface area contributed by atoms with Gasteiger partial charge >= 0.3 is 29.8 Å². The van der Waals surface area contributed by atoms with Gasteiger partial charge in [0, 0.05) is 11.1 Å². The van der Waals surface area contributed by atoms with E-state index in [9.17, 15) is 35.4 Å². The van der Waals surface area contributed by atoms with Gasteiger partial charge in [0.05, 0.1) is 27.8 Å². The summed E-state index contributed by atoms with van der Waals surface area (Å²) in [4.78, 5) is 80.6. The van der Waals surface area contributed by atoms with Crippen molar-refractivity contribution in [3.63, 3.8) is 0 Å². The van der Waals surface area contributed by atoms with Crippen LogP contribution in [0.2, 0.25) is 0 Å². The standard InChI is InChI=1S/C104H84O26/c105-78-46-73(47-79(106)89(78)118-56-66-32-14-3-15-33-66)99(111)125-63-86-94-97(98(129-100(112)74-48-80(107)90(81(108)49-74)119-57-67-34-16-4-17-35-67)104(126-86)130-101(113)75-50-82(109)91(83(110)51-75)120-58-68-36-18-5-19-37-68)128-103(115)77-53-85(117-55-65-30-12-2-13-31-65)93(122-60-70-40-22-7-23-41-70)96(124-62-72-44-26-9-27-45-72)88(77)87-76(102(114)127-94)52-84(116-54-64-28-10-1-11-29-64)92(121-59-69-38-20-6-21-39-69)95(87)123-61-71-42-24-8-25-43-71/h1-53,86,94,97-98,104-110H,54-63H2/t86-,94-,97+,98-,104+/m1/s1. The highest BCUT2D eigenvalue weighted by molar-refractivity contribution is 6.09. The molecule has 0 bridgehead atoms. The lowest BCUT2D eigenvalue weighted by molar-refractivity contribution is -0.282. The molecule has 14 aromatic carbocycles. The van der Waals surface area contributed by atoms with Crippen molar-refractivity contribution in [3.05, 3.63) is 399 Å². The van der Waals surface area contributed by atoms with Gasteiger partial charge in [-0.3, -0.25) is 0 Å². The molecule has 5 atom stereocenters. The molecule has 656 valence electrons. The first-order valence-electron chi connectivity index (χ1n) is 41.3. The van der Waals surface area contributed by atoms with Crippen LogP contribution in [0.25, 0.3) is 11.1 Å². The van der Waals surface area contributed by atoms with Crippen molar-refractivity contribution in [1.29, 1.82) is 0 Å². The van der Waals surface area contributed by atoms with E-state index in [1.165, 1.54) is 12.1 Å². The van der Waals surface area contributed by atoms with E-state index in [0.29, 0.717) is 50.1 Å². The average Bonchev–Trinajstić information content (AvgIpc) is 0.726. The van der Waals surface area contributed by atoms with E-state index >= 15 is 19.2 Å². The van der Waals surface area contributed by atoms with Crippen molar-refractivity contribution in [2.75, 3.05) is 6.61 Å². The lowest BCUT2D eigenvalue weighted by Gasteiger charge is -2.44. The molecule has 0 saturated carbocycles. The number of rotatable bonds is 34. The Morgan fingerprint density at radius 3 is 0.792 bits per heavy atom. The molecule has 2 heterocycles. The number of aromatic hydroxyl groups is 6. The van der Waals surface area contributed by atoms with Gasteiger partial charge in [-0.05, 0) is 98.6 Å². The highest BCUT2D eigenvalue weighted by Gasteiger charge is 2.56. The number of phenols is 6. The fourth-order valence-corrected chi connectivity index (χ4v) is 14.5. The molecule has 26 nitrogen and oxygen atoms in total. The monoisotopic (exact) mass is 1750 g/mol. The van der Waals surface area contributed by atoms with E-state index in [1.807, 2.05) is 78.9 Å². The summed E-state index contributed by atoms with van der Waals surface area (Å²) in [6.07, 6.45) is -11.8. The molecule has 6 N–H and O–H groups in total. The number of fused-ring (bicyclic) bond motifs is 4. The van der Waals surface area contributed by atoms with Crippen LogP contribution in [0.1, 0.15) is 102 Å². The average molecular weight is 1750 g/mol. The summed E-state index contributed by atoms with van der Waals surface area (Å²) in [7, 11) is 0. The van der Waals surface area contributed by atoms with E-state index in [-0.39, 0.29) is 105 Å². The largest absolute Gasteiger partial charge is 0.504 e. The van der Waals surface area contributed by atoms with Gasteiger partial charge < -0.3 is 102 Å². The van der Waals surface area contributed by atoms with Gasteiger partial charge in [0.1, 0.15) is 72.2 Å². The van der Waals surface area contributed by atoms with Gasteiger partial charge in [0.15, 0.2) is 69.7 Å². The molecule has 0 unspecified atom stereocenters. The van der Waals surface area contributed by atoms with Gasteiger partial charge in [0.25, 0.3) is 0 Å². The molecule has 0 amide bonds. The smallest absolute Gasteiger partial charge is 0.340 e. The number of hydrogen-bond acceptors (Lipinski definition) is 26. The van der Waals surface area contributed by atoms with Crippen LogP contribution in [0, 0.1) is 0 Å². The Labute approximate surface area is 745 Å². The quantitative estimate of drug-likeness (QED) is 0.0161. The zero-order valence-electron chi connectivity index (χ0n) is 69.4. The summed E-state index contributed by atoms with van der Waals surface area (Å²) in [5.41, 5.74) is 2.26. The van der Waals surface area contributed by atoms with E-state index in [4.69, 9.17) is 71.1 Å².